The number of nitrogens with zero attached hydrogens (tertiary/aromatic N) is 2. The molecule has 2 aromatic carbocycles. The van der Waals surface area contributed by atoms with Crippen molar-refractivity contribution in [3.63, 3.8) is 0 Å². The minimum atomic E-state index is -3.71. The van der Waals surface area contributed by atoms with Crippen LogP contribution >= 0.6 is 0 Å². The monoisotopic (exact) mass is 407 g/mol. The number of carbonyl (C=O) groups excluding carboxylic acids is 1. The van der Waals surface area contributed by atoms with E-state index < -0.39 is 27.8 Å². The molecule has 0 fully saturated rings. The maximum Gasteiger partial charge on any atom is 0.243 e. The summed E-state index contributed by atoms with van der Waals surface area (Å²) in [5.41, 5.74) is 1.33. The van der Waals surface area contributed by atoms with E-state index in [1.54, 1.807) is 0 Å². The number of rotatable bonds is 9. The molecule has 0 aliphatic carbocycles. The fraction of sp³-hybridized carbons (Fsp3) is 0.350. The van der Waals surface area contributed by atoms with E-state index in [1.165, 1.54) is 19.1 Å². The summed E-state index contributed by atoms with van der Waals surface area (Å²) in [5, 5.41) is 2.78. The Labute approximate surface area is 166 Å². The molecule has 0 bridgehead atoms. The van der Waals surface area contributed by atoms with Crippen LogP contribution in [0.1, 0.15) is 13.3 Å². The normalized spacial score (nSPS) is 12.3. The summed E-state index contributed by atoms with van der Waals surface area (Å²) in [6, 6.07) is 14.0. The number of nitrogens with one attached hydrogen (secondary N) is 1. The van der Waals surface area contributed by atoms with Crippen LogP contribution in [0.3, 0.4) is 0 Å². The summed E-state index contributed by atoms with van der Waals surface area (Å²) in [6.45, 7) is 2.67. The number of para-hydroxylation sites is 1. The van der Waals surface area contributed by atoms with Gasteiger partial charge in [0.2, 0.25) is 15.9 Å². The highest BCUT2D eigenvalue weighted by atomic mass is 32.2. The van der Waals surface area contributed by atoms with Crippen LogP contribution in [0.25, 0.3) is 0 Å². The first-order chi connectivity index (χ1) is 13.2. The number of hydrogen-bond acceptors (Lipinski definition) is 4. The molecule has 1 unspecified atom stereocenters. The van der Waals surface area contributed by atoms with E-state index in [1.807, 2.05) is 37.4 Å². The van der Waals surface area contributed by atoms with E-state index in [2.05, 4.69) is 10.2 Å². The lowest BCUT2D eigenvalue weighted by Crippen LogP contribution is -2.48. The second-order valence-electron chi connectivity index (χ2n) is 6.61. The second kappa shape index (κ2) is 9.54. The van der Waals surface area contributed by atoms with Gasteiger partial charge in [-0.1, -0.05) is 18.2 Å². The summed E-state index contributed by atoms with van der Waals surface area (Å²) in [5.74, 6) is -0.881. The highest BCUT2D eigenvalue weighted by Gasteiger charge is 2.28. The number of benzene rings is 2. The van der Waals surface area contributed by atoms with E-state index in [0.29, 0.717) is 13.0 Å². The Morgan fingerprint density at radius 3 is 2.25 bits per heavy atom. The quantitative estimate of drug-likeness (QED) is 0.649. The van der Waals surface area contributed by atoms with Gasteiger partial charge in [-0.25, -0.2) is 12.8 Å². The molecule has 6 nitrogen and oxygen atoms in total. The zero-order valence-electron chi connectivity index (χ0n) is 16.3. The van der Waals surface area contributed by atoms with Crippen molar-refractivity contribution in [3.8, 4) is 0 Å². The molecule has 8 heteroatoms. The third-order valence-corrected chi connectivity index (χ3v) is 5.58. The van der Waals surface area contributed by atoms with Crippen LogP contribution in [0.2, 0.25) is 0 Å². The molecule has 0 saturated carbocycles. The van der Waals surface area contributed by atoms with Crippen molar-refractivity contribution in [2.75, 3.05) is 35.6 Å². The second-order valence-corrected chi connectivity index (χ2v) is 8.47. The van der Waals surface area contributed by atoms with E-state index in [4.69, 9.17) is 0 Å². The van der Waals surface area contributed by atoms with Crippen molar-refractivity contribution in [1.29, 1.82) is 0 Å². The van der Waals surface area contributed by atoms with Gasteiger partial charge in [0.05, 0.1) is 11.9 Å². The molecule has 28 heavy (non-hydrogen) atoms. The third-order valence-electron chi connectivity index (χ3n) is 4.34. The van der Waals surface area contributed by atoms with Crippen LogP contribution in [0, 0.1) is 5.82 Å². The van der Waals surface area contributed by atoms with Gasteiger partial charge in [-0.15, -0.1) is 0 Å². The summed E-state index contributed by atoms with van der Waals surface area (Å²) in [7, 11) is -1.74. The van der Waals surface area contributed by atoms with Crippen molar-refractivity contribution in [2.45, 2.75) is 19.4 Å². The van der Waals surface area contributed by atoms with Gasteiger partial charge in [-0.3, -0.25) is 9.10 Å². The van der Waals surface area contributed by atoms with Crippen molar-refractivity contribution in [3.05, 3.63) is 60.4 Å². The van der Waals surface area contributed by atoms with Gasteiger partial charge in [-0.05, 0) is 49.7 Å². The molecule has 1 amide bonds. The highest BCUT2D eigenvalue weighted by Crippen LogP contribution is 2.21. The van der Waals surface area contributed by atoms with Gasteiger partial charge in [0.15, 0.2) is 0 Å². The molecule has 1 atom stereocenters. The molecule has 0 aliphatic heterocycles. The molecule has 2 rings (SSSR count). The summed E-state index contributed by atoms with van der Waals surface area (Å²) >= 11 is 0. The average molecular weight is 408 g/mol. The van der Waals surface area contributed by atoms with Crippen LogP contribution in [-0.4, -0.2) is 46.8 Å². The Bertz CT molecular complexity index is 873. The molecular formula is C20H26FN3O3S. The molecule has 0 radical (unpaired) electrons. The molecule has 2 aromatic rings. The fourth-order valence-corrected chi connectivity index (χ4v) is 4.06. The van der Waals surface area contributed by atoms with Gasteiger partial charge in [-0.2, -0.15) is 0 Å². The number of anilines is 2. The fourth-order valence-electron chi connectivity index (χ4n) is 2.88. The molecule has 152 valence electrons. The first kappa shape index (κ1) is 21.7. The lowest BCUT2D eigenvalue weighted by molar-refractivity contribution is -0.121. The first-order valence-corrected chi connectivity index (χ1v) is 10.8. The number of halogens is 1. The third kappa shape index (κ3) is 5.95. The molecule has 0 aromatic heterocycles. The molecular weight excluding hydrogens is 381 g/mol. The lowest BCUT2D eigenvalue weighted by Gasteiger charge is -2.28. The van der Waals surface area contributed by atoms with Crippen LogP contribution in [0.5, 0.6) is 0 Å². The van der Waals surface area contributed by atoms with Crippen molar-refractivity contribution in [2.24, 2.45) is 0 Å². The Morgan fingerprint density at radius 1 is 1.07 bits per heavy atom. The highest BCUT2D eigenvalue weighted by molar-refractivity contribution is 7.92. The Kier molecular flexibility index (Phi) is 7.39. The van der Waals surface area contributed by atoms with E-state index >= 15 is 0 Å². The zero-order valence-corrected chi connectivity index (χ0v) is 17.1. The maximum absolute atomic E-state index is 13.1. The van der Waals surface area contributed by atoms with Crippen LogP contribution in [-0.2, 0) is 14.8 Å². The van der Waals surface area contributed by atoms with Gasteiger partial charge in [0, 0.05) is 25.8 Å². The molecule has 1 N–H and O–H groups in total. The van der Waals surface area contributed by atoms with Crippen LogP contribution in [0.15, 0.2) is 54.6 Å². The van der Waals surface area contributed by atoms with Gasteiger partial charge < -0.3 is 10.2 Å². The van der Waals surface area contributed by atoms with Gasteiger partial charge in [0.1, 0.15) is 11.9 Å². The number of hydrogen-bond donors (Lipinski definition) is 1. The minimum Gasteiger partial charge on any atom is -0.375 e. The largest absolute Gasteiger partial charge is 0.375 e. The van der Waals surface area contributed by atoms with Crippen molar-refractivity contribution in [1.82, 2.24) is 5.32 Å². The predicted molar refractivity (Wildman–Crippen MR) is 111 cm³/mol. The molecule has 0 heterocycles. The Balaban J connectivity index is 1.93. The standard InChI is InChI=1S/C20H26FN3O3S/c1-16(24(28(3,26)27)19-12-10-17(21)11-13-19)20(25)22-14-7-15-23(2)18-8-5-4-6-9-18/h4-6,8-13,16H,7,14-15H2,1-3H3,(H,22,25). The predicted octanol–water partition coefficient (Wildman–Crippen LogP) is 2.62. The number of carbonyl (C=O) groups is 1. The van der Waals surface area contributed by atoms with Crippen LogP contribution in [0.4, 0.5) is 15.8 Å². The summed E-state index contributed by atoms with van der Waals surface area (Å²) in [4.78, 5) is 14.6. The van der Waals surface area contributed by atoms with Crippen LogP contribution < -0.4 is 14.5 Å². The Hall–Kier alpha value is -2.61. The van der Waals surface area contributed by atoms with Gasteiger partial charge in [0.25, 0.3) is 0 Å². The minimum absolute atomic E-state index is 0.246. The SMILES string of the molecule is CC(C(=O)NCCCN(C)c1ccccc1)N(c1ccc(F)cc1)S(C)(=O)=O. The van der Waals surface area contributed by atoms with Crippen molar-refractivity contribution < 1.29 is 17.6 Å². The van der Waals surface area contributed by atoms with Gasteiger partial charge >= 0.3 is 0 Å². The van der Waals surface area contributed by atoms with E-state index in [-0.39, 0.29) is 5.69 Å². The molecule has 0 saturated heterocycles. The lowest BCUT2D eigenvalue weighted by atomic mass is 10.2. The Morgan fingerprint density at radius 2 is 1.68 bits per heavy atom. The topological polar surface area (TPSA) is 69.7 Å². The van der Waals surface area contributed by atoms with Crippen molar-refractivity contribution >= 4 is 27.3 Å². The maximum atomic E-state index is 13.1. The molecule has 0 aliphatic rings. The molecule has 0 spiro atoms. The smallest absolute Gasteiger partial charge is 0.243 e. The first-order valence-electron chi connectivity index (χ1n) is 8.99. The number of amides is 1. The van der Waals surface area contributed by atoms with E-state index in [9.17, 15) is 17.6 Å². The average Bonchev–Trinajstić information content (AvgIpc) is 2.66. The van der Waals surface area contributed by atoms with E-state index in [0.717, 1.165) is 34.9 Å². The summed E-state index contributed by atoms with van der Waals surface area (Å²) in [6.07, 6.45) is 1.73. The zero-order chi connectivity index (χ0) is 20.7. The number of sulfonamides is 1. The summed E-state index contributed by atoms with van der Waals surface area (Å²) < 4.78 is 38.5.